The van der Waals surface area contributed by atoms with Crippen molar-refractivity contribution in [3.05, 3.63) is 53.2 Å². The maximum absolute atomic E-state index is 13.6. The number of hydrogen-bond acceptors (Lipinski definition) is 7. The third-order valence-corrected chi connectivity index (χ3v) is 6.66. The number of rotatable bonds is 12. The first-order chi connectivity index (χ1) is 19.5. The largest absolute Gasteiger partial charge is 0.361 e. The highest BCUT2D eigenvalue weighted by molar-refractivity contribution is 5.98. The van der Waals surface area contributed by atoms with Gasteiger partial charge in [0, 0.05) is 24.9 Å². The van der Waals surface area contributed by atoms with Crippen molar-refractivity contribution in [2.24, 2.45) is 17.8 Å². The van der Waals surface area contributed by atoms with Crippen LogP contribution in [0.15, 0.2) is 34.9 Å². The molecular formula is C29H34FN5O6. The Bertz CT molecular complexity index is 1320. The highest BCUT2D eigenvalue weighted by Crippen LogP contribution is 2.20. The van der Waals surface area contributed by atoms with E-state index in [0.717, 1.165) is 5.01 Å². The van der Waals surface area contributed by atoms with Crippen molar-refractivity contribution in [1.82, 2.24) is 26.2 Å². The monoisotopic (exact) mass is 567 g/mol. The number of hydrazine groups is 1. The van der Waals surface area contributed by atoms with Crippen LogP contribution in [-0.2, 0) is 25.6 Å². The Hall–Kier alpha value is -4.53. The fourth-order valence-electron chi connectivity index (χ4n) is 4.57. The van der Waals surface area contributed by atoms with Gasteiger partial charge in [-0.1, -0.05) is 31.1 Å². The first kappa shape index (κ1) is 31.0. The zero-order valence-corrected chi connectivity index (χ0v) is 23.2. The molecular weight excluding hydrogens is 533 g/mol. The molecule has 3 N–H and O–H groups in total. The van der Waals surface area contributed by atoms with Gasteiger partial charge < -0.3 is 15.2 Å². The number of ketones is 1. The van der Waals surface area contributed by atoms with Gasteiger partial charge in [-0.15, -0.1) is 6.42 Å². The molecule has 1 saturated heterocycles. The lowest BCUT2D eigenvalue weighted by atomic mass is 9.88. The van der Waals surface area contributed by atoms with E-state index >= 15 is 0 Å². The Balaban J connectivity index is 1.79. The van der Waals surface area contributed by atoms with E-state index in [1.807, 2.05) is 19.8 Å². The van der Waals surface area contributed by atoms with Crippen molar-refractivity contribution in [1.29, 1.82) is 0 Å². The van der Waals surface area contributed by atoms with Crippen LogP contribution in [0.1, 0.15) is 54.9 Å². The predicted molar refractivity (Wildman–Crippen MR) is 145 cm³/mol. The first-order valence-electron chi connectivity index (χ1n) is 13.3. The molecule has 3 atom stereocenters. The highest BCUT2D eigenvalue weighted by atomic mass is 19.1. The number of nitrogens with zero attached hydrogens (tertiary/aromatic N) is 2. The molecule has 0 bridgehead atoms. The van der Waals surface area contributed by atoms with Crippen LogP contribution >= 0.6 is 0 Å². The SMILES string of the molecule is C#CC(=O)N(C[C@@H]1CCNC1=O)NC(=O)[C@@H](CC(=O)[C@H](Cc1ccc(F)cc1)NC(=O)c1cc(C)on1)CC(C)C. The van der Waals surface area contributed by atoms with Crippen LogP contribution in [0.5, 0.6) is 0 Å². The number of hydrogen-bond donors (Lipinski definition) is 3. The number of terminal acetylenes is 1. The van der Waals surface area contributed by atoms with E-state index in [4.69, 9.17) is 10.9 Å². The fourth-order valence-corrected chi connectivity index (χ4v) is 4.57. The second-order valence-electron chi connectivity index (χ2n) is 10.5. The van der Waals surface area contributed by atoms with Crippen molar-refractivity contribution in [3.63, 3.8) is 0 Å². The molecule has 0 saturated carbocycles. The summed E-state index contributed by atoms with van der Waals surface area (Å²) in [6, 6.07) is 5.85. The van der Waals surface area contributed by atoms with Crippen molar-refractivity contribution >= 4 is 29.4 Å². The van der Waals surface area contributed by atoms with E-state index < -0.39 is 47.2 Å². The van der Waals surface area contributed by atoms with Crippen LogP contribution < -0.4 is 16.1 Å². The molecule has 2 heterocycles. The second-order valence-corrected chi connectivity index (χ2v) is 10.5. The Morgan fingerprint density at radius 2 is 1.95 bits per heavy atom. The first-order valence-corrected chi connectivity index (χ1v) is 13.3. The molecule has 1 aromatic carbocycles. The summed E-state index contributed by atoms with van der Waals surface area (Å²) in [5.41, 5.74) is 3.08. The summed E-state index contributed by atoms with van der Waals surface area (Å²) in [6.45, 7) is 5.72. The normalized spacial score (nSPS) is 15.9. The summed E-state index contributed by atoms with van der Waals surface area (Å²) in [7, 11) is 0. The molecule has 41 heavy (non-hydrogen) atoms. The Morgan fingerprint density at radius 1 is 1.24 bits per heavy atom. The van der Waals surface area contributed by atoms with Crippen LogP contribution in [0.2, 0.25) is 0 Å². The van der Waals surface area contributed by atoms with Gasteiger partial charge in [-0.3, -0.25) is 29.4 Å². The Labute approximate surface area is 237 Å². The van der Waals surface area contributed by atoms with Gasteiger partial charge in [0.2, 0.25) is 11.8 Å². The topological polar surface area (TPSA) is 151 Å². The standard InChI is InChI=1S/C29H34FN5O6/c1-5-26(37)35(16-20-10-11-31-27(20)38)33-28(39)21(12-17(2)3)15-25(36)23(14-19-6-8-22(30)9-7-19)32-29(40)24-13-18(4)41-34-24/h1,6-9,13,17,20-21,23H,10-12,14-16H2,2-4H3,(H,31,38)(H,32,40)(H,33,39)/t20-,21+,23-/m0/s1. The van der Waals surface area contributed by atoms with Gasteiger partial charge in [-0.25, -0.2) is 9.40 Å². The van der Waals surface area contributed by atoms with Gasteiger partial charge in [0.1, 0.15) is 11.6 Å². The van der Waals surface area contributed by atoms with Crippen molar-refractivity contribution in [2.45, 2.75) is 52.5 Å². The summed E-state index contributed by atoms with van der Waals surface area (Å²) in [4.78, 5) is 64.3. The minimum absolute atomic E-state index is 0.000750. The molecule has 1 aromatic heterocycles. The molecule has 11 nitrogen and oxygen atoms in total. The average molecular weight is 568 g/mol. The van der Waals surface area contributed by atoms with Gasteiger partial charge in [-0.2, -0.15) is 0 Å². The number of aryl methyl sites for hydroxylation is 1. The molecule has 0 unspecified atom stereocenters. The minimum atomic E-state index is -1.07. The van der Waals surface area contributed by atoms with Crippen molar-refractivity contribution < 1.29 is 32.9 Å². The summed E-state index contributed by atoms with van der Waals surface area (Å²) in [6.07, 6.45) is 5.83. The fraction of sp³-hybridized carbons (Fsp3) is 0.448. The number of carbonyl (C=O) groups excluding carboxylic acids is 5. The van der Waals surface area contributed by atoms with Crippen LogP contribution in [-0.4, -0.2) is 58.7 Å². The van der Waals surface area contributed by atoms with Crippen molar-refractivity contribution in [3.8, 4) is 12.3 Å². The van der Waals surface area contributed by atoms with E-state index in [1.54, 1.807) is 6.92 Å². The third-order valence-electron chi connectivity index (χ3n) is 6.66. The molecule has 218 valence electrons. The number of benzene rings is 1. The van der Waals surface area contributed by atoms with E-state index in [-0.39, 0.29) is 36.9 Å². The predicted octanol–water partition coefficient (Wildman–Crippen LogP) is 1.71. The lowest BCUT2D eigenvalue weighted by molar-refractivity contribution is -0.142. The number of halogens is 1. The Kier molecular flexibility index (Phi) is 10.7. The lowest BCUT2D eigenvalue weighted by Crippen LogP contribution is -2.51. The molecule has 3 rings (SSSR count). The quantitative estimate of drug-likeness (QED) is 0.261. The number of aromatic nitrogens is 1. The summed E-state index contributed by atoms with van der Waals surface area (Å²) in [5.74, 6) is -2.28. The zero-order chi connectivity index (χ0) is 30.1. The summed E-state index contributed by atoms with van der Waals surface area (Å²) < 4.78 is 18.4. The van der Waals surface area contributed by atoms with Crippen LogP contribution in [0.3, 0.4) is 0 Å². The molecule has 4 amide bonds. The zero-order valence-electron chi connectivity index (χ0n) is 23.2. The molecule has 12 heteroatoms. The maximum Gasteiger partial charge on any atom is 0.316 e. The number of nitrogens with one attached hydrogen (secondary N) is 3. The number of Topliss-reactive ketones (excluding diaryl/α,β-unsaturated/α-hetero) is 1. The lowest BCUT2D eigenvalue weighted by Gasteiger charge is -2.27. The van der Waals surface area contributed by atoms with Gasteiger partial charge in [0.25, 0.3) is 5.91 Å². The third kappa shape index (κ3) is 8.99. The van der Waals surface area contributed by atoms with Gasteiger partial charge in [0.05, 0.1) is 18.5 Å². The van der Waals surface area contributed by atoms with E-state index in [1.165, 1.54) is 30.3 Å². The summed E-state index contributed by atoms with van der Waals surface area (Å²) >= 11 is 0. The van der Waals surface area contributed by atoms with Crippen LogP contribution in [0.4, 0.5) is 4.39 Å². The van der Waals surface area contributed by atoms with Crippen molar-refractivity contribution in [2.75, 3.05) is 13.1 Å². The van der Waals surface area contributed by atoms with Gasteiger partial charge >= 0.3 is 5.91 Å². The second kappa shape index (κ2) is 14.2. The van der Waals surface area contributed by atoms with E-state index in [0.29, 0.717) is 30.7 Å². The van der Waals surface area contributed by atoms with Crippen LogP contribution in [0, 0.1) is 42.8 Å². The molecule has 1 aliphatic heterocycles. The minimum Gasteiger partial charge on any atom is -0.361 e. The summed E-state index contributed by atoms with van der Waals surface area (Å²) in [5, 5.41) is 9.95. The number of carbonyl (C=O) groups is 5. The maximum atomic E-state index is 13.6. The molecule has 2 aromatic rings. The molecule has 0 spiro atoms. The van der Waals surface area contributed by atoms with Gasteiger partial charge in [0.15, 0.2) is 11.5 Å². The molecule has 0 aliphatic carbocycles. The molecule has 1 fully saturated rings. The van der Waals surface area contributed by atoms with E-state index in [9.17, 15) is 28.4 Å². The smallest absolute Gasteiger partial charge is 0.316 e. The molecule has 1 aliphatic rings. The van der Waals surface area contributed by atoms with Gasteiger partial charge in [-0.05, 0) is 55.7 Å². The Morgan fingerprint density at radius 3 is 2.51 bits per heavy atom. The molecule has 0 radical (unpaired) electrons. The average Bonchev–Trinajstić information content (AvgIpc) is 3.55. The number of amides is 4. The highest BCUT2D eigenvalue weighted by Gasteiger charge is 2.33. The van der Waals surface area contributed by atoms with E-state index in [2.05, 4.69) is 21.2 Å². The van der Waals surface area contributed by atoms with Crippen LogP contribution in [0.25, 0.3) is 0 Å².